The van der Waals surface area contributed by atoms with Crippen LogP contribution in [-0.4, -0.2) is 56.4 Å². The van der Waals surface area contributed by atoms with Crippen molar-refractivity contribution in [2.24, 2.45) is 0 Å². The van der Waals surface area contributed by atoms with Crippen LogP contribution in [0.25, 0.3) is 21.9 Å². The molecule has 10 nitrogen and oxygen atoms in total. The summed E-state index contributed by atoms with van der Waals surface area (Å²) in [7, 11) is 0. The Morgan fingerprint density at radius 1 is 1.14 bits per heavy atom. The van der Waals surface area contributed by atoms with E-state index in [0.29, 0.717) is 65.4 Å². The van der Waals surface area contributed by atoms with Gasteiger partial charge in [-0.05, 0) is 36.4 Å². The van der Waals surface area contributed by atoms with Crippen LogP contribution in [0, 0.1) is 12.7 Å². The fourth-order valence-electron chi connectivity index (χ4n) is 5.09. The molecule has 37 heavy (non-hydrogen) atoms. The van der Waals surface area contributed by atoms with Gasteiger partial charge in [-0.3, -0.25) is 14.5 Å². The van der Waals surface area contributed by atoms with Gasteiger partial charge in [0.15, 0.2) is 11.6 Å². The number of anilines is 4. The highest BCUT2D eigenvalue weighted by Gasteiger charge is 2.30. The summed E-state index contributed by atoms with van der Waals surface area (Å²) in [6, 6.07) is 5.59. The molecule has 5 N–H and O–H groups in total. The number of halogens is 1. The number of carbonyl (C=O) groups is 1. The second kappa shape index (κ2) is 9.00. The Bertz CT molecular complexity index is 1530. The minimum absolute atomic E-state index is 0.0119. The second-order valence-corrected chi connectivity index (χ2v) is 9.50. The first-order chi connectivity index (χ1) is 17.9. The molecule has 0 bridgehead atoms. The van der Waals surface area contributed by atoms with Crippen molar-refractivity contribution in [3.63, 3.8) is 0 Å². The SMILES string of the molecule is Cc1c(N)cncc1-c1cc2cc(Nc3cc4n(n3)CC(=O)N(C3CCOC3)CC4)ncc2c(N)c1F. The summed E-state index contributed by atoms with van der Waals surface area (Å²) in [5.41, 5.74) is 15.2. The van der Waals surface area contributed by atoms with Crippen molar-refractivity contribution in [3.8, 4) is 11.1 Å². The molecule has 1 fully saturated rings. The predicted molar refractivity (Wildman–Crippen MR) is 139 cm³/mol. The molecule has 4 aromatic rings. The molecule has 3 aromatic heterocycles. The van der Waals surface area contributed by atoms with Crippen molar-refractivity contribution in [2.45, 2.75) is 32.4 Å². The van der Waals surface area contributed by atoms with Gasteiger partial charge < -0.3 is 26.4 Å². The van der Waals surface area contributed by atoms with Crippen LogP contribution >= 0.6 is 0 Å². The largest absolute Gasteiger partial charge is 0.397 e. The number of nitrogen functional groups attached to an aromatic ring is 2. The molecular weight excluding hydrogens is 475 g/mol. The number of aromatic nitrogens is 4. The molecule has 0 spiro atoms. The van der Waals surface area contributed by atoms with Crippen LogP contribution in [0.2, 0.25) is 0 Å². The molecule has 1 unspecified atom stereocenters. The number of nitrogens with two attached hydrogens (primary N) is 2. The van der Waals surface area contributed by atoms with E-state index in [4.69, 9.17) is 16.2 Å². The van der Waals surface area contributed by atoms with E-state index in [0.717, 1.165) is 17.7 Å². The minimum Gasteiger partial charge on any atom is -0.397 e. The molecule has 2 aliphatic rings. The molecule has 11 heteroatoms. The van der Waals surface area contributed by atoms with Crippen molar-refractivity contribution in [1.82, 2.24) is 24.6 Å². The van der Waals surface area contributed by atoms with Gasteiger partial charge in [-0.2, -0.15) is 5.10 Å². The third-order valence-electron chi connectivity index (χ3n) is 7.22. The van der Waals surface area contributed by atoms with E-state index < -0.39 is 5.82 Å². The monoisotopic (exact) mass is 502 g/mol. The van der Waals surface area contributed by atoms with Crippen molar-refractivity contribution in [2.75, 3.05) is 36.5 Å². The van der Waals surface area contributed by atoms with Crippen LogP contribution in [0.1, 0.15) is 17.7 Å². The quantitative estimate of drug-likeness (QED) is 0.362. The van der Waals surface area contributed by atoms with E-state index >= 15 is 4.39 Å². The summed E-state index contributed by atoms with van der Waals surface area (Å²) >= 11 is 0. The van der Waals surface area contributed by atoms with E-state index in [2.05, 4.69) is 20.4 Å². The van der Waals surface area contributed by atoms with Crippen LogP contribution in [0.15, 0.2) is 36.8 Å². The first kappa shape index (κ1) is 23.2. The smallest absolute Gasteiger partial charge is 0.244 e. The number of benzene rings is 1. The average Bonchev–Trinajstić information content (AvgIpc) is 3.51. The highest BCUT2D eigenvalue weighted by Crippen LogP contribution is 2.36. The maximum Gasteiger partial charge on any atom is 0.244 e. The molecule has 5 heterocycles. The normalized spacial score (nSPS) is 17.7. The Morgan fingerprint density at radius 3 is 2.81 bits per heavy atom. The van der Waals surface area contributed by atoms with E-state index in [1.807, 2.05) is 17.9 Å². The standard InChI is InChI=1S/C26H27FN8O2/c1-14-19(9-30-11-21(14)28)18-6-15-7-22(31-10-20(15)26(29)25(18)27)32-23-8-16-2-4-34(17-3-5-37-13-17)24(36)12-35(16)33-23/h6-11,17H,2-5,12-13,28-29H2,1H3,(H,31,32,33). The summed E-state index contributed by atoms with van der Waals surface area (Å²) < 4.78 is 22.4. The van der Waals surface area contributed by atoms with Gasteiger partial charge in [-0.15, -0.1) is 0 Å². The van der Waals surface area contributed by atoms with Gasteiger partial charge in [0, 0.05) is 60.2 Å². The molecule has 0 radical (unpaired) electrons. The fraction of sp³-hybridized carbons (Fsp3) is 0.308. The number of hydrogen-bond acceptors (Lipinski definition) is 8. The molecular formula is C26H27FN8O2. The summed E-state index contributed by atoms with van der Waals surface area (Å²) in [5.74, 6) is 0.616. The van der Waals surface area contributed by atoms with Gasteiger partial charge in [0.2, 0.25) is 5.91 Å². The maximum absolute atomic E-state index is 15.2. The summed E-state index contributed by atoms with van der Waals surface area (Å²) in [6.45, 7) is 3.93. The van der Waals surface area contributed by atoms with Crippen molar-refractivity contribution in [3.05, 3.63) is 53.9 Å². The minimum atomic E-state index is -0.536. The number of hydrogen-bond donors (Lipinski definition) is 3. The van der Waals surface area contributed by atoms with Gasteiger partial charge in [0.05, 0.1) is 30.2 Å². The summed E-state index contributed by atoms with van der Waals surface area (Å²) in [5, 5.41) is 9.02. The lowest BCUT2D eigenvalue weighted by atomic mass is 9.97. The predicted octanol–water partition coefficient (Wildman–Crippen LogP) is 3.02. The first-order valence-electron chi connectivity index (χ1n) is 12.2. The Hall–Kier alpha value is -4.25. The molecule has 190 valence electrons. The van der Waals surface area contributed by atoms with Crippen molar-refractivity contribution < 1.29 is 13.9 Å². The number of carbonyl (C=O) groups excluding carboxylic acids is 1. The molecule has 6 rings (SSSR count). The average molecular weight is 503 g/mol. The third-order valence-corrected chi connectivity index (χ3v) is 7.22. The maximum atomic E-state index is 15.2. The van der Waals surface area contributed by atoms with Crippen molar-refractivity contribution >= 4 is 39.7 Å². The Labute approximate surface area is 212 Å². The number of rotatable bonds is 4. The third kappa shape index (κ3) is 4.10. The van der Waals surface area contributed by atoms with Crippen LogP contribution in [0.5, 0.6) is 0 Å². The molecule has 0 saturated carbocycles. The zero-order valence-corrected chi connectivity index (χ0v) is 20.4. The molecule has 0 aliphatic carbocycles. The lowest BCUT2D eigenvalue weighted by Gasteiger charge is -2.26. The Balaban J connectivity index is 1.28. The second-order valence-electron chi connectivity index (χ2n) is 9.50. The summed E-state index contributed by atoms with van der Waals surface area (Å²) in [4.78, 5) is 23.3. The van der Waals surface area contributed by atoms with Gasteiger partial charge in [0.1, 0.15) is 12.4 Å². The lowest BCUT2D eigenvalue weighted by Crippen LogP contribution is -2.42. The first-order valence-corrected chi connectivity index (χ1v) is 12.2. The number of fused-ring (bicyclic) bond motifs is 2. The van der Waals surface area contributed by atoms with Gasteiger partial charge >= 0.3 is 0 Å². The van der Waals surface area contributed by atoms with Crippen LogP contribution in [0.3, 0.4) is 0 Å². The van der Waals surface area contributed by atoms with Gasteiger partial charge in [0.25, 0.3) is 0 Å². The zero-order valence-electron chi connectivity index (χ0n) is 20.4. The number of nitrogens with one attached hydrogen (secondary N) is 1. The zero-order chi connectivity index (χ0) is 25.7. The number of amides is 1. The highest BCUT2D eigenvalue weighted by atomic mass is 19.1. The lowest BCUT2D eigenvalue weighted by molar-refractivity contribution is -0.133. The van der Waals surface area contributed by atoms with Crippen molar-refractivity contribution in [1.29, 1.82) is 0 Å². The highest BCUT2D eigenvalue weighted by molar-refractivity contribution is 5.98. The molecule has 1 aromatic carbocycles. The Morgan fingerprint density at radius 2 is 2.00 bits per heavy atom. The topological polar surface area (TPSA) is 137 Å². The number of pyridine rings is 2. The van der Waals surface area contributed by atoms with E-state index in [-0.39, 0.29) is 24.2 Å². The van der Waals surface area contributed by atoms with Crippen LogP contribution < -0.4 is 16.8 Å². The molecule has 2 aliphatic heterocycles. The van der Waals surface area contributed by atoms with E-state index in [1.54, 1.807) is 23.0 Å². The van der Waals surface area contributed by atoms with Crippen LogP contribution in [-0.2, 0) is 22.5 Å². The summed E-state index contributed by atoms with van der Waals surface area (Å²) in [6.07, 6.45) is 6.23. The Kier molecular flexibility index (Phi) is 5.64. The number of ether oxygens (including phenoxy) is 1. The molecule has 1 saturated heterocycles. The molecule has 1 atom stereocenters. The number of nitrogens with zero attached hydrogens (tertiary/aromatic N) is 5. The van der Waals surface area contributed by atoms with E-state index in [9.17, 15) is 4.79 Å². The van der Waals surface area contributed by atoms with Gasteiger partial charge in [-0.1, -0.05) is 0 Å². The van der Waals surface area contributed by atoms with E-state index in [1.165, 1.54) is 12.4 Å². The fourth-order valence-corrected chi connectivity index (χ4v) is 5.09. The van der Waals surface area contributed by atoms with Gasteiger partial charge in [-0.25, -0.2) is 9.37 Å². The van der Waals surface area contributed by atoms with Crippen LogP contribution in [0.4, 0.5) is 27.4 Å². The molecule has 1 amide bonds.